The number of carbonyl (C=O) groups is 3. The Labute approximate surface area is 158 Å². The highest BCUT2D eigenvalue weighted by Gasteiger charge is 2.52. The number of benzene rings is 1. The Balaban J connectivity index is 1.65. The van der Waals surface area contributed by atoms with E-state index in [9.17, 15) is 14.4 Å². The molecule has 1 aromatic carbocycles. The summed E-state index contributed by atoms with van der Waals surface area (Å²) in [6.07, 6.45) is 1.41. The topological polar surface area (TPSA) is 97.0 Å². The fraction of sp³-hybridized carbons (Fsp3) is 0.526. The lowest BCUT2D eigenvalue weighted by molar-refractivity contribution is -0.145. The highest BCUT2D eigenvalue weighted by molar-refractivity contribution is 6.08. The molecule has 0 bridgehead atoms. The van der Waals surface area contributed by atoms with Crippen LogP contribution in [0.3, 0.4) is 0 Å². The van der Waals surface area contributed by atoms with Gasteiger partial charge in [0.25, 0.3) is 11.8 Å². The molecule has 2 aliphatic rings. The number of amides is 4. The van der Waals surface area contributed by atoms with Gasteiger partial charge in [-0.15, -0.1) is 0 Å². The zero-order valence-corrected chi connectivity index (χ0v) is 15.6. The van der Waals surface area contributed by atoms with E-state index in [-0.39, 0.29) is 6.10 Å². The second-order valence-corrected chi connectivity index (χ2v) is 6.78. The van der Waals surface area contributed by atoms with Crippen LogP contribution in [0.25, 0.3) is 0 Å². The molecule has 3 unspecified atom stereocenters. The summed E-state index contributed by atoms with van der Waals surface area (Å²) >= 11 is 0. The Morgan fingerprint density at radius 1 is 1.41 bits per heavy atom. The van der Waals surface area contributed by atoms with Gasteiger partial charge in [-0.25, -0.2) is 4.79 Å². The Bertz CT molecular complexity index is 705. The van der Waals surface area contributed by atoms with Gasteiger partial charge in [0.2, 0.25) is 0 Å². The number of nitrogens with zero attached hydrogens (tertiary/aromatic N) is 1. The van der Waals surface area contributed by atoms with E-state index in [0.717, 1.165) is 17.9 Å². The smallest absolute Gasteiger partial charge is 0.344 e. The van der Waals surface area contributed by atoms with Crippen LogP contribution in [-0.2, 0) is 24.6 Å². The number of rotatable bonds is 7. The maximum Gasteiger partial charge on any atom is 0.344 e. The molecular weight excluding hydrogens is 350 g/mol. The molecule has 2 fully saturated rings. The molecule has 1 aromatic rings. The van der Waals surface area contributed by atoms with Crippen molar-refractivity contribution in [1.29, 1.82) is 0 Å². The van der Waals surface area contributed by atoms with Crippen LogP contribution in [0.15, 0.2) is 30.3 Å². The van der Waals surface area contributed by atoms with Gasteiger partial charge in [-0.3, -0.25) is 15.0 Å². The van der Waals surface area contributed by atoms with E-state index in [0.29, 0.717) is 25.2 Å². The Kier molecular flexibility index (Phi) is 5.76. The molecule has 146 valence electrons. The molecule has 0 saturated carbocycles. The van der Waals surface area contributed by atoms with Crippen molar-refractivity contribution in [2.24, 2.45) is 0 Å². The molecule has 8 heteroatoms. The zero-order chi connectivity index (χ0) is 19.4. The van der Waals surface area contributed by atoms with Crippen LogP contribution < -0.4 is 10.7 Å². The van der Waals surface area contributed by atoms with Crippen molar-refractivity contribution in [3.8, 4) is 0 Å². The van der Waals surface area contributed by atoms with Crippen LogP contribution in [0.5, 0.6) is 0 Å². The molecule has 0 aliphatic carbocycles. The molecule has 2 N–H and O–H groups in total. The zero-order valence-electron chi connectivity index (χ0n) is 15.6. The van der Waals surface area contributed by atoms with E-state index in [1.165, 1.54) is 0 Å². The molecule has 27 heavy (non-hydrogen) atoms. The van der Waals surface area contributed by atoms with Crippen molar-refractivity contribution in [2.45, 2.75) is 50.9 Å². The minimum absolute atomic E-state index is 0.0113. The third-order valence-corrected chi connectivity index (χ3v) is 5.04. The van der Waals surface area contributed by atoms with Crippen molar-refractivity contribution >= 4 is 17.8 Å². The Hall–Kier alpha value is -2.45. The van der Waals surface area contributed by atoms with Gasteiger partial charge in [0.1, 0.15) is 11.6 Å². The first kappa shape index (κ1) is 19.3. The molecule has 4 amide bonds. The van der Waals surface area contributed by atoms with Crippen LogP contribution in [-0.4, -0.2) is 48.3 Å². The summed E-state index contributed by atoms with van der Waals surface area (Å²) in [7, 11) is 0. The van der Waals surface area contributed by atoms with Gasteiger partial charge in [-0.1, -0.05) is 37.3 Å². The number of nitrogens with one attached hydrogen (secondary N) is 2. The SMILES string of the molecule is CCC1(c2ccccc2)NC(=O)N(NC(=O)C(C)OCC2CCCO2)C1=O. The molecule has 0 aromatic heterocycles. The minimum atomic E-state index is -1.19. The first-order valence-electron chi connectivity index (χ1n) is 9.24. The minimum Gasteiger partial charge on any atom is -0.376 e. The molecule has 2 aliphatic heterocycles. The van der Waals surface area contributed by atoms with Crippen LogP contribution in [0.1, 0.15) is 38.7 Å². The number of hydrazine groups is 1. The summed E-state index contributed by atoms with van der Waals surface area (Å²) in [4.78, 5) is 37.7. The quantitative estimate of drug-likeness (QED) is 0.703. The molecule has 2 saturated heterocycles. The molecule has 2 heterocycles. The summed E-state index contributed by atoms with van der Waals surface area (Å²) in [6.45, 7) is 4.39. The average Bonchev–Trinajstić information content (AvgIpc) is 3.29. The highest BCUT2D eigenvalue weighted by Crippen LogP contribution is 2.31. The predicted molar refractivity (Wildman–Crippen MR) is 96.3 cm³/mol. The second kappa shape index (κ2) is 8.06. The fourth-order valence-electron chi connectivity index (χ4n) is 3.34. The summed E-state index contributed by atoms with van der Waals surface area (Å²) in [5, 5.41) is 3.46. The second-order valence-electron chi connectivity index (χ2n) is 6.78. The third-order valence-electron chi connectivity index (χ3n) is 5.04. The normalized spacial score (nSPS) is 26.1. The maximum absolute atomic E-state index is 13.0. The van der Waals surface area contributed by atoms with Crippen molar-refractivity contribution < 1.29 is 23.9 Å². The molecular formula is C19H25N3O5. The van der Waals surface area contributed by atoms with E-state index < -0.39 is 29.5 Å². The maximum atomic E-state index is 13.0. The summed E-state index contributed by atoms with van der Waals surface area (Å²) in [6, 6.07) is 8.33. The third kappa shape index (κ3) is 3.81. The standard InChI is InChI=1S/C19H25N3O5/c1-3-19(14-8-5-4-6-9-14)17(24)22(18(25)20-19)21-16(23)13(2)27-12-15-10-7-11-26-15/h4-6,8-9,13,15H,3,7,10-12H2,1-2H3,(H,20,25)(H,21,23). The van der Waals surface area contributed by atoms with Gasteiger partial charge in [-0.2, -0.15) is 5.01 Å². The monoisotopic (exact) mass is 375 g/mol. The molecule has 0 radical (unpaired) electrons. The number of carbonyl (C=O) groups excluding carboxylic acids is 3. The number of urea groups is 1. The van der Waals surface area contributed by atoms with Gasteiger partial charge in [-0.05, 0) is 31.7 Å². The van der Waals surface area contributed by atoms with Gasteiger partial charge in [0.05, 0.1) is 12.7 Å². The molecule has 3 rings (SSSR count). The summed E-state index contributed by atoms with van der Waals surface area (Å²) < 4.78 is 11.0. The summed E-state index contributed by atoms with van der Waals surface area (Å²) in [5.74, 6) is -1.07. The number of hydrogen-bond acceptors (Lipinski definition) is 5. The van der Waals surface area contributed by atoms with Gasteiger partial charge >= 0.3 is 6.03 Å². The van der Waals surface area contributed by atoms with Crippen LogP contribution >= 0.6 is 0 Å². The van der Waals surface area contributed by atoms with Crippen molar-refractivity contribution in [3.05, 3.63) is 35.9 Å². The van der Waals surface area contributed by atoms with E-state index in [2.05, 4.69) is 10.7 Å². The molecule has 3 atom stereocenters. The molecule has 8 nitrogen and oxygen atoms in total. The Morgan fingerprint density at radius 3 is 2.78 bits per heavy atom. The number of ether oxygens (including phenoxy) is 2. The van der Waals surface area contributed by atoms with Gasteiger partial charge in [0.15, 0.2) is 0 Å². The van der Waals surface area contributed by atoms with E-state index in [4.69, 9.17) is 9.47 Å². The first-order chi connectivity index (χ1) is 13.0. The number of hydrogen-bond donors (Lipinski definition) is 2. The van der Waals surface area contributed by atoms with E-state index in [1.807, 2.05) is 13.0 Å². The highest BCUT2D eigenvalue weighted by atomic mass is 16.5. The van der Waals surface area contributed by atoms with E-state index >= 15 is 0 Å². The lowest BCUT2D eigenvalue weighted by Gasteiger charge is -2.26. The Morgan fingerprint density at radius 2 is 2.15 bits per heavy atom. The van der Waals surface area contributed by atoms with Crippen molar-refractivity contribution in [3.63, 3.8) is 0 Å². The lowest BCUT2D eigenvalue weighted by Crippen LogP contribution is -2.51. The summed E-state index contributed by atoms with van der Waals surface area (Å²) in [5.41, 5.74) is 1.86. The van der Waals surface area contributed by atoms with Gasteiger partial charge in [0, 0.05) is 6.61 Å². The van der Waals surface area contributed by atoms with Crippen molar-refractivity contribution in [2.75, 3.05) is 13.2 Å². The molecule has 0 spiro atoms. The largest absolute Gasteiger partial charge is 0.376 e. The van der Waals surface area contributed by atoms with Crippen LogP contribution in [0, 0.1) is 0 Å². The van der Waals surface area contributed by atoms with Crippen LogP contribution in [0.2, 0.25) is 0 Å². The predicted octanol–water partition coefficient (Wildman–Crippen LogP) is 1.46. The number of imide groups is 1. The first-order valence-corrected chi connectivity index (χ1v) is 9.24. The fourth-order valence-corrected chi connectivity index (χ4v) is 3.34. The van der Waals surface area contributed by atoms with Crippen molar-refractivity contribution in [1.82, 2.24) is 15.8 Å². The van der Waals surface area contributed by atoms with Gasteiger partial charge < -0.3 is 14.8 Å². The lowest BCUT2D eigenvalue weighted by atomic mass is 9.87. The average molecular weight is 375 g/mol. The van der Waals surface area contributed by atoms with Crippen LogP contribution in [0.4, 0.5) is 4.79 Å². The van der Waals surface area contributed by atoms with E-state index in [1.54, 1.807) is 31.2 Å².